The van der Waals surface area contributed by atoms with Gasteiger partial charge in [-0.3, -0.25) is 9.59 Å². The third kappa shape index (κ3) is 3.11. The van der Waals surface area contributed by atoms with Crippen LogP contribution in [0.1, 0.15) is 24.8 Å². The fourth-order valence-electron chi connectivity index (χ4n) is 3.20. The Morgan fingerprint density at radius 2 is 1.91 bits per heavy atom. The molecule has 22 heavy (non-hydrogen) atoms. The fraction of sp³-hybridized carbons (Fsp3) is 0.333. The summed E-state index contributed by atoms with van der Waals surface area (Å²) in [5.74, 6) is -0.811. The SMILES string of the molecule is O=C(O)CC1CCCN1C(=O)Cc1ccc2ccccc2c1. The van der Waals surface area contributed by atoms with Crippen LogP contribution in [0.5, 0.6) is 0 Å². The van der Waals surface area contributed by atoms with Gasteiger partial charge in [0.05, 0.1) is 12.8 Å². The molecule has 1 unspecified atom stereocenters. The van der Waals surface area contributed by atoms with Crippen LogP contribution in [-0.4, -0.2) is 34.5 Å². The summed E-state index contributed by atoms with van der Waals surface area (Å²) in [5.41, 5.74) is 0.977. The number of nitrogens with zero attached hydrogens (tertiary/aromatic N) is 1. The average molecular weight is 297 g/mol. The van der Waals surface area contributed by atoms with Crippen molar-refractivity contribution in [3.05, 3.63) is 48.0 Å². The summed E-state index contributed by atoms with van der Waals surface area (Å²) in [5, 5.41) is 11.2. The van der Waals surface area contributed by atoms with Gasteiger partial charge in [-0.15, -0.1) is 0 Å². The van der Waals surface area contributed by atoms with E-state index in [1.807, 2.05) is 42.5 Å². The largest absolute Gasteiger partial charge is 0.481 e. The molecule has 114 valence electrons. The number of hydrogen-bond acceptors (Lipinski definition) is 2. The first kappa shape index (κ1) is 14.6. The van der Waals surface area contributed by atoms with Gasteiger partial charge in [0.15, 0.2) is 0 Å². The van der Waals surface area contributed by atoms with E-state index in [4.69, 9.17) is 5.11 Å². The van der Waals surface area contributed by atoms with Gasteiger partial charge in [-0.2, -0.15) is 0 Å². The van der Waals surface area contributed by atoms with E-state index in [-0.39, 0.29) is 18.4 Å². The summed E-state index contributed by atoms with van der Waals surface area (Å²) >= 11 is 0. The Labute approximate surface area is 129 Å². The fourth-order valence-corrected chi connectivity index (χ4v) is 3.20. The maximum atomic E-state index is 12.5. The van der Waals surface area contributed by atoms with E-state index in [1.165, 1.54) is 0 Å². The van der Waals surface area contributed by atoms with E-state index in [9.17, 15) is 9.59 Å². The van der Waals surface area contributed by atoms with Crippen LogP contribution >= 0.6 is 0 Å². The van der Waals surface area contributed by atoms with Gasteiger partial charge in [0, 0.05) is 12.6 Å². The Balaban J connectivity index is 1.73. The minimum Gasteiger partial charge on any atom is -0.481 e. The number of carboxylic acid groups (broad SMARTS) is 1. The molecule has 0 aliphatic carbocycles. The van der Waals surface area contributed by atoms with E-state index in [0.717, 1.165) is 29.2 Å². The van der Waals surface area contributed by atoms with Crippen molar-refractivity contribution in [2.24, 2.45) is 0 Å². The van der Waals surface area contributed by atoms with Crippen molar-refractivity contribution in [1.29, 1.82) is 0 Å². The summed E-state index contributed by atoms with van der Waals surface area (Å²) in [7, 11) is 0. The first-order chi connectivity index (χ1) is 10.6. The molecule has 1 N–H and O–H groups in total. The van der Waals surface area contributed by atoms with Gasteiger partial charge in [0.1, 0.15) is 0 Å². The molecule has 1 fully saturated rings. The number of aliphatic carboxylic acids is 1. The number of likely N-dealkylation sites (tertiary alicyclic amines) is 1. The van der Waals surface area contributed by atoms with Crippen LogP contribution in [-0.2, 0) is 16.0 Å². The van der Waals surface area contributed by atoms with Crippen LogP contribution in [0.2, 0.25) is 0 Å². The average Bonchev–Trinajstić information content (AvgIpc) is 2.94. The van der Waals surface area contributed by atoms with Gasteiger partial charge >= 0.3 is 5.97 Å². The smallest absolute Gasteiger partial charge is 0.305 e. The van der Waals surface area contributed by atoms with Crippen molar-refractivity contribution in [1.82, 2.24) is 4.90 Å². The van der Waals surface area contributed by atoms with Crippen LogP contribution in [0.15, 0.2) is 42.5 Å². The van der Waals surface area contributed by atoms with Gasteiger partial charge < -0.3 is 10.0 Å². The summed E-state index contributed by atoms with van der Waals surface area (Å²) in [6, 6.07) is 13.9. The highest BCUT2D eigenvalue weighted by molar-refractivity contribution is 5.85. The lowest BCUT2D eigenvalue weighted by Crippen LogP contribution is -2.37. The highest BCUT2D eigenvalue weighted by Gasteiger charge is 2.30. The lowest BCUT2D eigenvalue weighted by atomic mass is 10.0. The Kier molecular flexibility index (Phi) is 4.09. The third-order valence-corrected chi connectivity index (χ3v) is 4.28. The monoisotopic (exact) mass is 297 g/mol. The van der Waals surface area contributed by atoms with Gasteiger partial charge in [0.25, 0.3) is 0 Å². The van der Waals surface area contributed by atoms with E-state index >= 15 is 0 Å². The first-order valence-electron chi connectivity index (χ1n) is 7.62. The number of benzene rings is 2. The molecule has 4 heteroatoms. The Morgan fingerprint density at radius 3 is 2.68 bits per heavy atom. The molecule has 1 saturated heterocycles. The summed E-state index contributed by atoms with van der Waals surface area (Å²) in [6.45, 7) is 0.671. The Bertz CT molecular complexity index is 710. The molecule has 0 saturated carbocycles. The van der Waals surface area contributed by atoms with Gasteiger partial charge in [-0.05, 0) is 29.2 Å². The number of carbonyl (C=O) groups excluding carboxylic acids is 1. The second-order valence-corrected chi connectivity index (χ2v) is 5.84. The Hall–Kier alpha value is -2.36. The third-order valence-electron chi connectivity index (χ3n) is 4.28. The first-order valence-corrected chi connectivity index (χ1v) is 7.62. The molecular weight excluding hydrogens is 278 g/mol. The molecule has 0 aromatic heterocycles. The number of hydrogen-bond donors (Lipinski definition) is 1. The van der Waals surface area contributed by atoms with Crippen molar-refractivity contribution in [2.45, 2.75) is 31.7 Å². The molecule has 2 aromatic rings. The molecule has 0 spiro atoms. The number of carboxylic acids is 1. The molecule has 0 radical (unpaired) electrons. The highest BCUT2D eigenvalue weighted by Crippen LogP contribution is 2.22. The molecule has 1 heterocycles. The number of carbonyl (C=O) groups is 2. The van der Waals surface area contributed by atoms with Crippen molar-refractivity contribution < 1.29 is 14.7 Å². The standard InChI is InChI=1S/C18H19NO3/c20-17(19-9-3-6-16(19)12-18(21)22)11-13-7-8-14-4-1-2-5-15(14)10-13/h1-2,4-5,7-8,10,16H,3,6,9,11-12H2,(H,21,22). The van der Waals surface area contributed by atoms with Gasteiger partial charge in [-0.25, -0.2) is 0 Å². The number of amides is 1. The second-order valence-electron chi connectivity index (χ2n) is 5.84. The molecule has 1 aliphatic heterocycles. The van der Waals surface area contributed by atoms with E-state index in [0.29, 0.717) is 13.0 Å². The summed E-state index contributed by atoms with van der Waals surface area (Å²) < 4.78 is 0. The molecule has 1 amide bonds. The van der Waals surface area contributed by atoms with Crippen molar-refractivity contribution in [2.75, 3.05) is 6.54 Å². The minimum atomic E-state index is -0.838. The molecule has 2 aromatic carbocycles. The second kappa shape index (κ2) is 6.18. The van der Waals surface area contributed by atoms with E-state index in [1.54, 1.807) is 4.90 Å². The van der Waals surface area contributed by atoms with Crippen LogP contribution in [0.25, 0.3) is 10.8 Å². The number of rotatable bonds is 4. The topological polar surface area (TPSA) is 57.6 Å². The van der Waals surface area contributed by atoms with Crippen LogP contribution in [0, 0.1) is 0 Å². The van der Waals surface area contributed by atoms with Crippen LogP contribution in [0.3, 0.4) is 0 Å². The molecule has 4 nitrogen and oxygen atoms in total. The lowest BCUT2D eigenvalue weighted by Gasteiger charge is -2.23. The lowest BCUT2D eigenvalue weighted by molar-refractivity contribution is -0.139. The van der Waals surface area contributed by atoms with Gasteiger partial charge in [0.2, 0.25) is 5.91 Å². The van der Waals surface area contributed by atoms with Crippen molar-refractivity contribution in [3.8, 4) is 0 Å². The molecule has 3 rings (SSSR count). The van der Waals surface area contributed by atoms with E-state index < -0.39 is 5.97 Å². The maximum absolute atomic E-state index is 12.5. The van der Waals surface area contributed by atoms with Crippen LogP contribution < -0.4 is 0 Å². The quantitative estimate of drug-likeness (QED) is 0.944. The molecule has 1 aliphatic rings. The van der Waals surface area contributed by atoms with Crippen molar-refractivity contribution >= 4 is 22.6 Å². The number of fused-ring (bicyclic) bond motifs is 1. The predicted octanol–water partition coefficient (Wildman–Crippen LogP) is 2.85. The molecular formula is C18H19NO3. The summed E-state index contributed by atoms with van der Waals surface area (Å²) in [4.78, 5) is 25.1. The molecule has 1 atom stereocenters. The normalized spacial score (nSPS) is 17.8. The van der Waals surface area contributed by atoms with Crippen LogP contribution in [0.4, 0.5) is 0 Å². The van der Waals surface area contributed by atoms with Crippen molar-refractivity contribution in [3.63, 3.8) is 0 Å². The zero-order valence-corrected chi connectivity index (χ0v) is 12.4. The Morgan fingerprint density at radius 1 is 1.14 bits per heavy atom. The van der Waals surface area contributed by atoms with E-state index in [2.05, 4.69) is 0 Å². The zero-order valence-electron chi connectivity index (χ0n) is 12.4. The van der Waals surface area contributed by atoms with Gasteiger partial charge in [-0.1, -0.05) is 42.5 Å². The summed E-state index contributed by atoms with van der Waals surface area (Å²) in [6.07, 6.45) is 2.06. The minimum absolute atomic E-state index is 0.0269. The predicted molar refractivity (Wildman–Crippen MR) is 84.6 cm³/mol. The maximum Gasteiger partial charge on any atom is 0.305 e. The zero-order chi connectivity index (χ0) is 15.5. The molecule has 0 bridgehead atoms. The highest BCUT2D eigenvalue weighted by atomic mass is 16.4.